The summed E-state index contributed by atoms with van der Waals surface area (Å²) in [5.41, 5.74) is 2.26. The van der Waals surface area contributed by atoms with Crippen LogP contribution in [0.25, 0.3) is 0 Å². The van der Waals surface area contributed by atoms with E-state index < -0.39 is 0 Å². The van der Waals surface area contributed by atoms with E-state index in [1.165, 1.54) is 19.3 Å². The van der Waals surface area contributed by atoms with Gasteiger partial charge in [-0.2, -0.15) is 0 Å². The summed E-state index contributed by atoms with van der Waals surface area (Å²) in [5.74, 6) is 0.737. The second-order valence-electron chi connectivity index (χ2n) is 6.70. The molecule has 0 spiro atoms. The van der Waals surface area contributed by atoms with Gasteiger partial charge in [0, 0.05) is 29.3 Å². The first kappa shape index (κ1) is 20.0. The van der Waals surface area contributed by atoms with Crippen molar-refractivity contribution in [3.8, 4) is 5.75 Å². The Morgan fingerprint density at radius 1 is 0.931 bits per heavy atom. The summed E-state index contributed by atoms with van der Waals surface area (Å²) >= 11 is 0. The minimum absolute atomic E-state index is 0.0228. The van der Waals surface area contributed by atoms with Gasteiger partial charge in [-0.05, 0) is 57.2 Å². The summed E-state index contributed by atoms with van der Waals surface area (Å²) in [7, 11) is 0. The lowest BCUT2D eigenvalue weighted by Gasteiger charge is -2.11. The summed E-state index contributed by atoms with van der Waals surface area (Å²) in [6.45, 7) is 5.41. The van der Waals surface area contributed by atoms with E-state index in [0.717, 1.165) is 5.75 Å². The van der Waals surface area contributed by atoms with Crippen LogP contribution in [0.15, 0.2) is 60.9 Å². The maximum Gasteiger partial charge on any atom is 0.258 e. The fourth-order valence-corrected chi connectivity index (χ4v) is 2.55. The highest BCUT2D eigenvalue weighted by molar-refractivity contribution is 6.03. The fraction of sp³-hybridized carbons (Fsp3) is 0.182. The van der Waals surface area contributed by atoms with Gasteiger partial charge in [0.2, 0.25) is 5.95 Å². The molecular formula is C22H22N4O3. The van der Waals surface area contributed by atoms with Gasteiger partial charge in [-0.1, -0.05) is 12.1 Å². The molecule has 1 aromatic heterocycles. The lowest BCUT2D eigenvalue weighted by molar-refractivity contribution is 0.101. The Labute approximate surface area is 169 Å². The molecule has 3 rings (SSSR count). The van der Waals surface area contributed by atoms with Crippen LogP contribution in [0.4, 0.5) is 17.3 Å². The van der Waals surface area contributed by atoms with Gasteiger partial charge in [-0.15, -0.1) is 0 Å². The Morgan fingerprint density at radius 3 is 2.24 bits per heavy atom. The number of benzene rings is 2. The number of Topliss-reactive ketones (excluding diaryl/α,β-unsaturated/α-hetero) is 1. The predicted octanol–water partition coefficient (Wildman–Crippen LogP) is 4.46. The van der Waals surface area contributed by atoms with Crippen molar-refractivity contribution in [2.24, 2.45) is 0 Å². The summed E-state index contributed by atoms with van der Waals surface area (Å²) in [5, 5.41) is 5.81. The van der Waals surface area contributed by atoms with Crippen molar-refractivity contribution in [1.29, 1.82) is 0 Å². The van der Waals surface area contributed by atoms with Gasteiger partial charge in [-0.3, -0.25) is 9.59 Å². The third-order valence-corrected chi connectivity index (χ3v) is 3.92. The van der Waals surface area contributed by atoms with Gasteiger partial charge in [0.15, 0.2) is 5.78 Å². The number of hydrogen-bond donors (Lipinski definition) is 2. The number of rotatable bonds is 7. The molecule has 2 aromatic carbocycles. The molecule has 7 nitrogen and oxygen atoms in total. The van der Waals surface area contributed by atoms with Crippen LogP contribution in [0.5, 0.6) is 5.75 Å². The Morgan fingerprint density at radius 2 is 1.62 bits per heavy atom. The number of nitrogens with one attached hydrogen (secondary N) is 2. The van der Waals surface area contributed by atoms with E-state index in [2.05, 4.69) is 20.6 Å². The monoisotopic (exact) mass is 390 g/mol. The lowest BCUT2D eigenvalue weighted by Crippen LogP contribution is -2.13. The van der Waals surface area contributed by atoms with Gasteiger partial charge in [0.1, 0.15) is 5.75 Å². The topological polar surface area (TPSA) is 93.2 Å². The molecule has 1 heterocycles. The molecule has 3 aromatic rings. The van der Waals surface area contributed by atoms with Gasteiger partial charge < -0.3 is 15.4 Å². The van der Waals surface area contributed by atoms with Crippen molar-refractivity contribution in [2.45, 2.75) is 26.9 Å². The minimum atomic E-state index is -0.312. The zero-order chi connectivity index (χ0) is 20.8. The summed E-state index contributed by atoms with van der Waals surface area (Å²) in [4.78, 5) is 32.2. The molecule has 0 unspecified atom stereocenters. The summed E-state index contributed by atoms with van der Waals surface area (Å²) in [6.07, 6.45) is 2.97. The molecule has 2 N–H and O–H groups in total. The summed E-state index contributed by atoms with van der Waals surface area (Å²) in [6, 6.07) is 14.2. The molecule has 0 aliphatic heterocycles. The van der Waals surface area contributed by atoms with Crippen LogP contribution < -0.4 is 15.4 Å². The second kappa shape index (κ2) is 8.97. The average molecular weight is 390 g/mol. The number of hydrogen-bond acceptors (Lipinski definition) is 6. The molecule has 0 aliphatic rings. The Kier molecular flexibility index (Phi) is 6.19. The zero-order valence-electron chi connectivity index (χ0n) is 16.5. The van der Waals surface area contributed by atoms with Gasteiger partial charge >= 0.3 is 0 Å². The largest absolute Gasteiger partial charge is 0.491 e. The highest BCUT2D eigenvalue weighted by atomic mass is 16.5. The van der Waals surface area contributed by atoms with Crippen molar-refractivity contribution in [3.63, 3.8) is 0 Å². The first-order valence-electron chi connectivity index (χ1n) is 9.19. The van der Waals surface area contributed by atoms with E-state index in [1.807, 2.05) is 19.9 Å². The average Bonchev–Trinajstić information content (AvgIpc) is 2.70. The van der Waals surface area contributed by atoms with Crippen LogP contribution in [0.1, 0.15) is 41.5 Å². The predicted molar refractivity (Wildman–Crippen MR) is 112 cm³/mol. The van der Waals surface area contributed by atoms with Crippen molar-refractivity contribution in [3.05, 3.63) is 72.1 Å². The number of ether oxygens (including phenoxy) is 1. The minimum Gasteiger partial charge on any atom is -0.491 e. The van der Waals surface area contributed by atoms with Crippen LogP contribution in [-0.4, -0.2) is 27.8 Å². The Balaban J connectivity index is 1.63. The first-order valence-corrected chi connectivity index (χ1v) is 9.19. The van der Waals surface area contributed by atoms with Crippen molar-refractivity contribution in [1.82, 2.24) is 9.97 Å². The van der Waals surface area contributed by atoms with E-state index in [4.69, 9.17) is 4.74 Å². The van der Waals surface area contributed by atoms with Crippen LogP contribution in [-0.2, 0) is 0 Å². The second-order valence-corrected chi connectivity index (χ2v) is 6.70. The number of ketones is 1. The molecule has 148 valence electrons. The van der Waals surface area contributed by atoms with E-state index >= 15 is 0 Å². The third kappa shape index (κ3) is 5.62. The van der Waals surface area contributed by atoms with Crippen molar-refractivity contribution < 1.29 is 14.3 Å². The third-order valence-electron chi connectivity index (χ3n) is 3.92. The van der Waals surface area contributed by atoms with Gasteiger partial charge in [-0.25, -0.2) is 9.97 Å². The maximum absolute atomic E-state index is 12.4. The molecule has 0 radical (unpaired) electrons. The highest BCUT2D eigenvalue weighted by Gasteiger charge is 2.09. The first-order chi connectivity index (χ1) is 13.9. The van der Waals surface area contributed by atoms with Crippen LogP contribution in [0.2, 0.25) is 0 Å². The van der Waals surface area contributed by atoms with Crippen LogP contribution >= 0.6 is 0 Å². The standard InChI is InChI=1S/C22H22N4O3/c1-14(2)29-20-9-7-18(8-10-20)25-21(28)17-12-23-22(24-13-17)26-19-6-4-5-16(11-19)15(3)27/h4-14H,1-3H3,(H,25,28)(H,23,24,26). The van der Waals surface area contributed by atoms with Crippen molar-refractivity contribution in [2.75, 3.05) is 10.6 Å². The molecule has 0 saturated carbocycles. The van der Waals surface area contributed by atoms with Gasteiger partial charge in [0.05, 0.1) is 11.7 Å². The zero-order valence-corrected chi connectivity index (χ0v) is 16.5. The number of nitrogens with zero attached hydrogens (tertiary/aromatic N) is 2. The number of aromatic nitrogens is 2. The number of carbonyl (C=O) groups excluding carboxylic acids is 2. The molecule has 29 heavy (non-hydrogen) atoms. The van der Waals surface area contributed by atoms with Gasteiger partial charge in [0.25, 0.3) is 5.91 Å². The Bertz CT molecular complexity index is 999. The SMILES string of the molecule is CC(=O)c1cccc(Nc2ncc(C(=O)Nc3ccc(OC(C)C)cc3)cn2)c1. The normalized spacial score (nSPS) is 10.5. The van der Waals surface area contributed by atoms with E-state index in [0.29, 0.717) is 28.5 Å². The molecule has 0 fully saturated rings. The molecule has 1 amide bonds. The number of amides is 1. The quantitative estimate of drug-likeness (QED) is 0.579. The van der Waals surface area contributed by atoms with Crippen LogP contribution in [0, 0.1) is 0 Å². The smallest absolute Gasteiger partial charge is 0.258 e. The maximum atomic E-state index is 12.4. The highest BCUT2D eigenvalue weighted by Crippen LogP contribution is 2.18. The van der Waals surface area contributed by atoms with Crippen molar-refractivity contribution >= 4 is 29.0 Å². The molecule has 0 aliphatic carbocycles. The molecule has 7 heteroatoms. The molecule has 0 saturated heterocycles. The fourth-order valence-electron chi connectivity index (χ4n) is 2.55. The summed E-state index contributed by atoms with van der Waals surface area (Å²) < 4.78 is 5.58. The number of anilines is 3. The van der Waals surface area contributed by atoms with E-state index in [-0.39, 0.29) is 17.8 Å². The number of carbonyl (C=O) groups is 2. The van der Waals surface area contributed by atoms with E-state index in [1.54, 1.807) is 42.5 Å². The van der Waals surface area contributed by atoms with E-state index in [9.17, 15) is 9.59 Å². The van der Waals surface area contributed by atoms with Crippen LogP contribution in [0.3, 0.4) is 0 Å². The molecule has 0 bridgehead atoms. The Hall–Kier alpha value is -3.74. The molecular weight excluding hydrogens is 368 g/mol. The lowest BCUT2D eigenvalue weighted by atomic mass is 10.1. The molecule has 0 atom stereocenters.